The summed E-state index contributed by atoms with van der Waals surface area (Å²) in [6.45, 7) is 6.96. The second-order valence-corrected chi connectivity index (χ2v) is 10.7. The van der Waals surface area contributed by atoms with E-state index in [4.69, 9.17) is 9.72 Å². The minimum atomic E-state index is -3.50. The Morgan fingerprint density at radius 1 is 1.11 bits per heavy atom. The van der Waals surface area contributed by atoms with E-state index in [0.29, 0.717) is 44.6 Å². The molecular weight excluding hydrogens is 464 g/mol. The van der Waals surface area contributed by atoms with Crippen molar-refractivity contribution in [3.8, 4) is 5.75 Å². The van der Waals surface area contributed by atoms with Crippen molar-refractivity contribution in [3.63, 3.8) is 0 Å². The number of amides is 1. The topological polar surface area (TPSA) is 93.5 Å². The Morgan fingerprint density at radius 2 is 1.91 bits per heavy atom. The van der Waals surface area contributed by atoms with Crippen LogP contribution < -0.4 is 10.1 Å². The van der Waals surface area contributed by atoms with Crippen molar-refractivity contribution in [1.29, 1.82) is 0 Å². The lowest BCUT2D eigenvalue weighted by Crippen LogP contribution is -2.27. The van der Waals surface area contributed by atoms with Crippen molar-refractivity contribution in [2.24, 2.45) is 0 Å². The Hall–Kier alpha value is -2.91. The lowest BCUT2D eigenvalue weighted by atomic mass is 10.2. The van der Waals surface area contributed by atoms with Gasteiger partial charge < -0.3 is 14.6 Å². The summed E-state index contributed by atoms with van der Waals surface area (Å²) in [5, 5.41) is 2.97. The Morgan fingerprint density at radius 3 is 2.66 bits per heavy atom. The lowest BCUT2D eigenvalue weighted by Gasteiger charge is -2.15. The van der Waals surface area contributed by atoms with Gasteiger partial charge in [-0.3, -0.25) is 4.79 Å². The van der Waals surface area contributed by atoms with E-state index < -0.39 is 10.0 Å². The van der Waals surface area contributed by atoms with Crippen molar-refractivity contribution in [2.75, 3.05) is 19.7 Å². The van der Waals surface area contributed by atoms with Gasteiger partial charge in [0.25, 0.3) is 0 Å². The number of fused-ring (bicyclic) bond motifs is 1. The van der Waals surface area contributed by atoms with Crippen LogP contribution in [0.5, 0.6) is 5.75 Å². The summed E-state index contributed by atoms with van der Waals surface area (Å²) < 4.78 is 35.1. The highest BCUT2D eigenvalue weighted by Gasteiger charge is 2.27. The molecule has 1 aliphatic heterocycles. The second-order valence-electron chi connectivity index (χ2n) is 8.80. The highest BCUT2D eigenvalue weighted by molar-refractivity contribution is 7.89. The van der Waals surface area contributed by atoms with Crippen LogP contribution in [0.25, 0.3) is 11.0 Å². The molecule has 188 valence electrons. The van der Waals surface area contributed by atoms with E-state index in [2.05, 4.69) is 16.8 Å². The molecular formula is C26H34N4O4S. The molecule has 0 spiro atoms. The summed E-state index contributed by atoms with van der Waals surface area (Å²) in [4.78, 5) is 17.6. The van der Waals surface area contributed by atoms with Crippen LogP contribution in [0.4, 0.5) is 0 Å². The Balaban J connectivity index is 1.45. The maximum Gasteiger partial charge on any atom is 0.243 e. The summed E-state index contributed by atoms with van der Waals surface area (Å²) in [6.07, 6.45) is 3.49. The molecule has 0 bridgehead atoms. The van der Waals surface area contributed by atoms with E-state index in [0.717, 1.165) is 48.5 Å². The monoisotopic (exact) mass is 498 g/mol. The molecule has 1 aromatic heterocycles. The molecule has 0 unspecified atom stereocenters. The molecule has 8 nitrogen and oxygen atoms in total. The highest BCUT2D eigenvalue weighted by Crippen LogP contribution is 2.26. The number of carbonyl (C=O) groups excluding carboxylic acids is 1. The first-order chi connectivity index (χ1) is 16.9. The molecule has 0 radical (unpaired) electrons. The van der Waals surface area contributed by atoms with Gasteiger partial charge in [-0.15, -0.1) is 0 Å². The molecule has 1 saturated heterocycles. The van der Waals surface area contributed by atoms with Crippen LogP contribution in [-0.2, 0) is 34.3 Å². The first kappa shape index (κ1) is 25.2. The largest absolute Gasteiger partial charge is 0.494 e. The molecule has 0 aliphatic carbocycles. The quantitative estimate of drug-likeness (QED) is 0.433. The number of rotatable bonds is 11. The number of sulfonamides is 1. The number of ether oxygens (including phenoxy) is 1. The number of hydrogen-bond donors (Lipinski definition) is 1. The third-order valence-corrected chi connectivity index (χ3v) is 8.12. The van der Waals surface area contributed by atoms with Crippen LogP contribution in [0.2, 0.25) is 0 Å². The number of carbonyl (C=O) groups is 1. The number of aryl methyl sites for hydroxylation is 2. The van der Waals surface area contributed by atoms with Gasteiger partial charge in [-0.2, -0.15) is 4.31 Å². The third kappa shape index (κ3) is 5.85. The summed E-state index contributed by atoms with van der Waals surface area (Å²) in [6, 6.07) is 12.9. The maximum absolute atomic E-state index is 13.0. The van der Waals surface area contributed by atoms with Gasteiger partial charge in [0, 0.05) is 39.0 Å². The van der Waals surface area contributed by atoms with E-state index in [1.165, 1.54) is 0 Å². The van der Waals surface area contributed by atoms with Gasteiger partial charge >= 0.3 is 0 Å². The normalized spacial score (nSPS) is 14.5. The number of aromatic nitrogens is 2. The van der Waals surface area contributed by atoms with Crippen molar-refractivity contribution in [3.05, 3.63) is 53.9 Å². The highest BCUT2D eigenvalue weighted by atomic mass is 32.2. The zero-order valence-electron chi connectivity index (χ0n) is 20.5. The van der Waals surface area contributed by atoms with Gasteiger partial charge in [0.2, 0.25) is 15.9 Å². The SMILES string of the molecule is CCCn1c(CCC(=O)NCc2cccc(OCC)c2)nc2cc(S(=O)(=O)N3CCCC3)ccc21. The zero-order valence-corrected chi connectivity index (χ0v) is 21.3. The average molecular weight is 499 g/mol. The van der Waals surface area contributed by atoms with Gasteiger partial charge in [-0.05, 0) is 62.1 Å². The average Bonchev–Trinajstić information content (AvgIpc) is 3.51. The van der Waals surface area contributed by atoms with Gasteiger partial charge in [0.15, 0.2) is 0 Å². The zero-order chi connectivity index (χ0) is 24.8. The fourth-order valence-electron chi connectivity index (χ4n) is 4.49. The summed E-state index contributed by atoms with van der Waals surface area (Å²) in [5.41, 5.74) is 2.53. The first-order valence-corrected chi connectivity index (χ1v) is 13.8. The predicted molar refractivity (Wildman–Crippen MR) is 136 cm³/mol. The molecule has 2 aromatic carbocycles. The molecule has 4 rings (SSSR count). The second kappa shape index (κ2) is 11.2. The van der Waals surface area contributed by atoms with Gasteiger partial charge in [0.05, 0.1) is 22.5 Å². The lowest BCUT2D eigenvalue weighted by molar-refractivity contribution is -0.121. The number of benzene rings is 2. The molecule has 1 N–H and O–H groups in total. The van der Waals surface area contributed by atoms with Crippen LogP contribution in [0.15, 0.2) is 47.4 Å². The van der Waals surface area contributed by atoms with Crippen molar-refractivity contribution in [2.45, 2.75) is 63.9 Å². The van der Waals surface area contributed by atoms with Crippen molar-refractivity contribution >= 4 is 27.0 Å². The minimum Gasteiger partial charge on any atom is -0.494 e. The van der Waals surface area contributed by atoms with Gasteiger partial charge in [0.1, 0.15) is 11.6 Å². The summed E-state index contributed by atoms with van der Waals surface area (Å²) in [7, 11) is -3.50. The van der Waals surface area contributed by atoms with Crippen LogP contribution in [0.1, 0.15) is 50.9 Å². The number of nitrogens with zero attached hydrogens (tertiary/aromatic N) is 3. The van der Waals surface area contributed by atoms with Gasteiger partial charge in [-0.1, -0.05) is 19.1 Å². The maximum atomic E-state index is 13.0. The fourth-order valence-corrected chi connectivity index (χ4v) is 6.03. The molecule has 2 heterocycles. The number of nitrogens with one attached hydrogen (secondary N) is 1. The van der Waals surface area contributed by atoms with Crippen molar-refractivity contribution in [1.82, 2.24) is 19.2 Å². The molecule has 0 saturated carbocycles. The third-order valence-electron chi connectivity index (χ3n) is 6.22. The molecule has 1 fully saturated rings. The Kier molecular flexibility index (Phi) is 8.07. The van der Waals surface area contributed by atoms with E-state index in [-0.39, 0.29) is 10.8 Å². The molecule has 0 atom stereocenters. The van der Waals surface area contributed by atoms with Crippen LogP contribution >= 0.6 is 0 Å². The predicted octanol–water partition coefficient (Wildman–Crippen LogP) is 3.88. The molecule has 35 heavy (non-hydrogen) atoms. The smallest absolute Gasteiger partial charge is 0.243 e. The molecule has 1 aliphatic rings. The van der Waals surface area contributed by atoms with E-state index in [1.807, 2.05) is 37.3 Å². The van der Waals surface area contributed by atoms with Crippen LogP contribution in [0.3, 0.4) is 0 Å². The molecule has 9 heteroatoms. The summed E-state index contributed by atoms with van der Waals surface area (Å²) >= 11 is 0. The molecule has 1 amide bonds. The first-order valence-electron chi connectivity index (χ1n) is 12.4. The van der Waals surface area contributed by atoms with E-state index in [9.17, 15) is 13.2 Å². The molecule has 3 aromatic rings. The standard InChI is InChI=1S/C26H34N4O4S/c1-3-14-30-24-11-10-22(35(32,33)29-15-5-6-16-29)18-23(24)28-25(30)12-13-26(31)27-19-20-8-7-9-21(17-20)34-4-2/h7-11,17-18H,3-6,12-16,19H2,1-2H3,(H,27,31). The number of imidazole rings is 1. The van der Waals surface area contributed by atoms with Crippen LogP contribution in [0, 0.1) is 0 Å². The van der Waals surface area contributed by atoms with E-state index >= 15 is 0 Å². The summed E-state index contributed by atoms with van der Waals surface area (Å²) in [5.74, 6) is 1.53. The Labute approximate surface area is 207 Å². The Bertz CT molecular complexity index is 1280. The van der Waals surface area contributed by atoms with Crippen LogP contribution in [-0.4, -0.2) is 47.9 Å². The number of hydrogen-bond acceptors (Lipinski definition) is 5. The van der Waals surface area contributed by atoms with Gasteiger partial charge in [-0.25, -0.2) is 13.4 Å². The minimum absolute atomic E-state index is 0.0563. The van der Waals surface area contributed by atoms with E-state index in [1.54, 1.807) is 16.4 Å². The van der Waals surface area contributed by atoms with Crippen molar-refractivity contribution < 1.29 is 17.9 Å². The fraction of sp³-hybridized carbons (Fsp3) is 0.462.